The summed E-state index contributed by atoms with van der Waals surface area (Å²) in [5.41, 5.74) is 0. The van der Waals surface area contributed by atoms with Gasteiger partial charge in [0.1, 0.15) is 0 Å². The third kappa shape index (κ3) is 28.4. The minimum Gasteiger partial charge on any atom is -0.471 e. The van der Waals surface area contributed by atoms with Gasteiger partial charge in [0.25, 0.3) is 6.47 Å². The molecule has 0 aromatic heterocycles. The van der Waals surface area contributed by atoms with E-state index in [2.05, 4.69) is 9.47 Å². The maximum atomic E-state index is 9.54. The molecule has 0 spiro atoms. The van der Waals surface area contributed by atoms with Crippen molar-refractivity contribution in [3.63, 3.8) is 0 Å². The average Bonchev–Trinajstić information content (AvgIpc) is 2.01. The van der Waals surface area contributed by atoms with Crippen molar-refractivity contribution in [3.05, 3.63) is 0 Å². The van der Waals surface area contributed by atoms with Gasteiger partial charge in [-0.15, -0.1) is 0 Å². The van der Waals surface area contributed by atoms with Gasteiger partial charge >= 0.3 is 6.16 Å². The SMILES string of the molecule is CCCOC(=O)O.COC=O. The van der Waals surface area contributed by atoms with Crippen molar-refractivity contribution < 1.29 is 24.2 Å². The predicted molar refractivity (Wildman–Crippen MR) is 37.3 cm³/mol. The summed E-state index contributed by atoms with van der Waals surface area (Å²) in [6.45, 7) is 2.53. The second-order valence-electron chi connectivity index (χ2n) is 1.45. The molecule has 0 heterocycles. The summed E-state index contributed by atoms with van der Waals surface area (Å²) in [5.74, 6) is 0. The lowest BCUT2D eigenvalue weighted by molar-refractivity contribution is -0.126. The van der Waals surface area contributed by atoms with Crippen molar-refractivity contribution >= 4 is 12.6 Å². The highest BCUT2D eigenvalue weighted by molar-refractivity contribution is 5.56. The van der Waals surface area contributed by atoms with E-state index in [1.165, 1.54) is 7.11 Å². The Labute approximate surface area is 64.9 Å². The molecule has 0 aliphatic rings. The maximum absolute atomic E-state index is 9.54. The second-order valence-corrected chi connectivity index (χ2v) is 1.45. The molecule has 0 aromatic carbocycles. The van der Waals surface area contributed by atoms with Crippen LogP contribution in [0.1, 0.15) is 13.3 Å². The summed E-state index contributed by atoms with van der Waals surface area (Å²) < 4.78 is 7.97. The van der Waals surface area contributed by atoms with Crippen LogP contribution in [-0.2, 0) is 14.3 Å². The summed E-state index contributed by atoms with van der Waals surface area (Å²) in [6.07, 6.45) is -0.450. The smallest absolute Gasteiger partial charge is 0.471 e. The summed E-state index contributed by atoms with van der Waals surface area (Å²) in [4.78, 5) is 18.5. The predicted octanol–water partition coefficient (Wildman–Crippen LogP) is 0.880. The first kappa shape index (κ1) is 12.4. The fourth-order valence-electron chi connectivity index (χ4n) is 0.189. The van der Waals surface area contributed by atoms with Gasteiger partial charge < -0.3 is 14.6 Å². The van der Waals surface area contributed by atoms with E-state index < -0.39 is 6.16 Å². The van der Waals surface area contributed by atoms with Gasteiger partial charge in [0.2, 0.25) is 0 Å². The van der Waals surface area contributed by atoms with Crippen LogP contribution in [0.3, 0.4) is 0 Å². The number of carbonyl (C=O) groups is 2. The van der Waals surface area contributed by atoms with Gasteiger partial charge in [-0.3, -0.25) is 4.79 Å². The summed E-state index contributed by atoms with van der Waals surface area (Å²) in [6, 6.07) is 0. The highest BCUT2D eigenvalue weighted by Gasteiger charge is 1.89. The molecular weight excluding hydrogens is 152 g/mol. The van der Waals surface area contributed by atoms with Crippen LogP contribution in [0.15, 0.2) is 0 Å². The zero-order valence-corrected chi connectivity index (χ0v) is 6.57. The van der Waals surface area contributed by atoms with E-state index in [-0.39, 0.29) is 0 Å². The van der Waals surface area contributed by atoms with E-state index in [1.807, 2.05) is 6.92 Å². The van der Waals surface area contributed by atoms with E-state index in [0.717, 1.165) is 6.42 Å². The summed E-state index contributed by atoms with van der Waals surface area (Å²) >= 11 is 0. The molecule has 0 unspecified atom stereocenters. The van der Waals surface area contributed by atoms with E-state index in [0.29, 0.717) is 13.1 Å². The zero-order chi connectivity index (χ0) is 9.11. The van der Waals surface area contributed by atoms with Crippen LogP contribution in [0.5, 0.6) is 0 Å². The summed E-state index contributed by atoms with van der Waals surface area (Å²) in [7, 11) is 1.31. The number of hydrogen-bond donors (Lipinski definition) is 1. The third-order valence-corrected chi connectivity index (χ3v) is 0.526. The van der Waals surface area contributed by atoms with Gasteiger partial charge in [-0.05, 0) is 6.42 Å². The molecule has 0 saturated carbocycles. The first-order chi connectivity index (χ1) is 5.18. The molecule has 0 radical (unpaired) electrons. The van der Waals surface area contributed by atoms with Crippen LogP contribution in [0, 0.1) is 0 Å². The number of methoxy groups -OCH3 is 1. The number of carboxylic acid groups (broad SMARTS) is 1. The van der Waals surface area contributed by atoms with Crippen LogP contribution in [0.4, 0.5) is 4.79 Å². The van der Waals surface area contributed by atoms with Crippen LogP contribution in [0.2, 0.25) is 0 Å². The van der Waals surface area contributed by atoms with Gasteiger partial charge in [-0.25, -0.2) is 4.79 Å². The molecule has 0 aromatic rings. The molecule has 1 N–H and O–H groups in total. The molecule has 0 saturated heterocycles. The van der Waals surface area contributed by atoms with Gasteiger partial charge in [-0.1, -0.05) is 6.92 Å². The largest absolute Gasteiger partial charge is 0.505 e. The topological polar surface area (TPSA) is 72.8 Å². The maximum Gasteiger partial charge on any atom is 0.505 e. The van der Waals surface area contributed by atoms with Gasteiger partial charge in [0, 0.05) is 0 Å². The first-order valence-electron chi connectivity index (χ1n) is 3.01. The number of hydrogen-bond acceptors (Lipinski definition) is 4. The molecule has 0 aliphatic carbocycles. The standard InChI is InChI=1S/C4H8O3.C2H4O2/c1-2-3-7-4(5)6;1-4-2-3/h2-3H2,1H3,(H,5,6);2H,1H3. The Morgan fingerprint density at radius 2 is 2.09 bits per heavy atom. The molecular formula is C6H12O5. The molecule has 5 nitrogen and oxygen atoms in total. The van der Waals surface area contributed by atoms with Crippen LogP contribution in [0.25, 0.3) is 0 Å². The third-order valence-electron chi connectivity index (χ3n) is 0.526. The fourth-order valence-corrected chi connectivity index (χ4v) is 0.189. The molecule has 11 heavy (non-hydrogen) atoms. The van der Waals surface area contributed by atoms with Crippen LogP contribution in [-0.4, -0.2) is 31.5 Å². The van der Waals surface area contributed by atoms with Crippen LogP contribution < -0.4 is 0 Å². The Hall–Kier alpha value is -1.26. The number of ether oxygens (including phenoxy) is 2. The highest BCUT2D eigenvalue weighted by Crippen LogP contribution is 1.78. The lowest BCUT2D eigenvalue weighted by Crippen LogP contribution is -1.99. The number of rotatable bonds is 3. The Kier molecular flexibility index (Phi) is 13.0. The second kappa shape index (κ2) is 11.5. The Morgan fingerprint density at radius 1 is 1.64 bits per heavy atom. The van der Waals surface area contributed by atoms with E-state index in [4.69, 9.17) is 9.90 Å². The van der Waals surface area contributed by atoms with E-state index >= 15 is 0 Å². The molecule has 0 rings (SSSR count). The molecule has 5 heteroatoms. The van der Waals surface area contributed by atoms with Crippen LogP contribution >= 0.6 is 0 Å². The van der Waals surface area contributed by atoms with Crippen molar-refractivity contribution in [2.75, 3.05) is 13.7 Å². The Morgan fingerprint density at radius 3 is 2.18 bits per heavy atom. The lowest BCUT2D eigenvalue weighted by Gasteiger charge is -1.91. The normalized spacial score (nSPS) is 7.09. The van der Waals surface area contributed by atoms with E-state index in [9.17, 15) is 4.79 Å². The molecule has 0 bridgehead atoms. The van der Waals surface area contributed by atoms with Gasteiger partial charge in [-0.2, -0.15) is 0 Å². The van der Waals surface area contributed by atoms with Crippen molar-refractivity contribution in [2.45, 2.75) is 13.3 Å². The first-order valence-corrected chi connectivity index (χ1v) is 3.01. The number of carbonyl (C=O) groups excluding carboxylic acids is 1. The Balaban J connectivity index is 0. The minimum atomic E-state index is -1.19. The van der Waals surface area contributed by atoms with Gasteiger partial charge in [0.05, 0.1) is 13.7 Å². The molecule has 66 valence electrons. The van der Waals surface area contributed by atoms with Crippen molar-refractivity contribution in [1.29, 1.82) is 0 Å². The van der Waals surface area contributed by atoms with E-state index in [1.54, 1.807) is 0 Å². The lowest BCUT2D eigenvalue weighted by atomic mass is 10.5. The molecule has 0 aliphatic heterocycles. The molecule has 0 amide bonds. The average molecular weight is 164 g/mol. The fraction of sp³-hybridized carbons (Fsp3) is 0.667. The van der Waals surface area contributed by atoms with Crippen molar-refractivity contribution in [2.24, 2.45) is 0 Å². The molecule has 0 atom stereocenters. The highest BCUT2D eigenvalue weighted by atomic mass is 16.7. The quantitative estimate of drug-likeness (QED) is 0.495. The van der Waals surface area contributed by atoms with Crippen molar-refractivity contribution in [1.82, 2.24) is 0 Å². The van der Waals surface area contributed by atoms with Gasteiger partial charge in [0.15, 0.2) is 0 Å². The Bertz CT molecular complexity index is 101. The monoisotopic (exact) mass is 164 g/mol. The summed E-state index contributed by atoms with van der Waals surface area (Å²) in [5, 5.41) is 7.82. The molecule has 0 fully saturated rings. The van der Waals surface area contributed by atoms with Crippen molar-refractivity contribution in [3.8, 4) is 0 Å². The minimum absolute atomic E-state index is 0.301. The zero-order valence-electron chi connectivity index (χ0n) is 6.57.